The van der Waals surface area contributed by atoms with Crippen molar-refractivity contribution in [3.63, 3.8) is 0 Å². The molecule has 1 aliphatic rings. The number of benzene rings is 2. The maximum absolute atomic E-state index is 4.31. The quantitative estimate of drug-likeness (QED) is 0.606. The highest BCUT2D eigenvalue weighted by atomic mass is 32.1. The lowest BCUT2D eigenvalue weighted by Crippen LogP contribution is -2.12. The maximum Gasteiger partial charge on any atom is 0.0488 e. The number of thiophene rings is 1. The van der Waals surface area contributed by atoms with Gasteiger partial charge in [-0.1, -0.05) is 37.8 Å². The van der Waals surface area contributed by atoms with Gasteiger partial charge in [0.05, 0.1) is 0 Å². The van der Waals surface area contributed by atoms with Crippen LogP contribution < -0.4 is 4.90 Å². The van der Waals surface area contributed by atoms with Crippen molar-refractivity contribution in [2.24, 2.45) is 0 Å². The van der Waals surface area contributed by atoms with Crippen LogP contribution in [0.4, 0.5) is 5.69 Å². The van der Waals surface area contributed by atoms with E-state index in [-0.39, 0.29) is 0 Å². The van der Waals surface area contributed by atoms with Crippen LogP contribution in [0.1, 0.15) is 23.6 Å². The van der Waals surface area contributed by atoms with Crippen LogP contribution in [0.3, 0.4) is 0 Å². The summed E-state index contributed by atoms with van der Waals surface area (Å²) in [5.41, 5.74) is 6.44. The molecular weight excluding hydrogens is 274 g/mol. The third kappa shape index (κ3) is 1.98. The summed E-state index contributed by atoms with van der Waals surface area (Å²) in [6, 6.07) is 15.6. The molecule has 2 aromatic carbocycles. The standard InChI is InChI=1S/C19H17NS/c1-3-14-4-7-18-13(2)20(12-16(18)10-14)17-6-5-15-8-9-21-19(15)11-17/h4-11H,2-3,12H2,1H3. The Morgan fingerprint density at radius 1 is 1.14 bits per heavy atom. The minimum Gasteiger partial charge on any atom is -0.337 e. The fourth-order valence-corrected chi connectivity index (χ4v) is 3.87. The zero-order valence-corrected chi connectivity index (χ0v) is 12.9. The van der Waals surface area contributed by atoms with E-state index in [0.29, 0.717) is 0 Å². The van der Waals surface area contributed by atoms with Crippen LogP contribution in [-0.2, 0) is 13.0 Å². The van der Waals surface area contributed by atoms with Gasteiger partial charge in [-0.25, -0.2) is 0 Å². The van der Waals surface area contributed by atoms with Crippen LogP contribution in [0.5, 0.6) is 0 Å². The van der Waals surface area contributed by atoms with Crippen molar-refractivity contribution in [2.45, 2.75) is 19.9 Å². The van der Waals surface area contributed by atoms with Crippen LogP contribution >= 0.6 is 11.3 Å². The molecule has 0 aliphatic carbocycles. The van der Waals surface area contributed by atoms with Gasteiger partial charge in [0.15, 0.2) is 0 Å². The van der Waals surface area contributed by atoms with Crippen LogP contribution in [0.2, 0.25) is 0 Å². The van der Waals surface area contributed by atoms with Gasteiger partial charge in [0, 0.05) is 28.2 Å². The van der Waals surface area contributed by atoms with E-state index in [4.69, 9.17) is 0 Å². The number of hydrogen-bond acceptors (Lipinski definition) is 2. The summed E-state index contributed by atoms with van der Waals surface area (Å²) in [6.07, 6.45) is 1.08. The van der Waals surface area contributed by atoms with Crippen LogP contribution in [0.25, 0.3) is 15.8 Å². The second kappa shape index (κ2) is 4.74. The predicted octanol–water partition coefficient (Wildman–Crippen LogP) is 5.45. The molecule has 2 heterocycles. The van der Waals surface area contributed by atoms with Gasteiger partial charge in [0.25, 0.3) is 0 Å². The average molecular weight is 291 g/mol. The van der Waals surface area contributed by atoms with Crippen molar-refractivity contribution < 1.29 is 0 Å². The minimum atomic E-state index is 0.929. The molecule has 0 saturated carbocycles. The lowest BCUT2D eigenvalue weighted by molar-refractivity contribution is 1.03. The maximum atomic E-state index is 4.31. The molecule has 0 bridgehead atoms. The zero-order valence-electron chi connectivity index (χ0n) is 12.1. The number of rotatable bonds is 2. The van der Waals surface area contributed by atoms with Crippen molar-refractivity contribution in [3.05, 3.63) is 71.1 Å². The Balaban J connectivity index is 1.75. The Morgan fingerprint density at radius 3 is 2.90 bits per heavy atom. The van der Waals surface area contributed by atoms with E-state index in [1.54, 1.807) is 11.3 Å². The first-order chi connectivity index (χ1) is 10.3. The number of fused-ring (bicyclic) bond motifs is 2. The molecule has 0 unspecified atom stereocenters. The lowest BCUT2D eigenvalue weighted by Gasteiger charge is -2.19. The van der Waals surface area contributed by atoms with Crippen LogP contribution in [0.15, 0.2) is 54.4 Å². The summed E-state index contributed by atoms with van der Waals surface area (Å²) < 4.78 is 1.34. The minimum absolute atomic E-state index is 0.929. The molecule has 0 radical (unpaired) electrons. The molecule has 1 aliphatic heterocycles. The predicted molar refractivity (Wildman–Crippen MR) is 92.9 cm³/mol. The summed E-state index contributed by atoms with van der Waals surface area (Å²) in [7, 11) is 0. The fraction of sp³-hybridized carbons (Fsp3) is 0.158. The molecule has 0 fully saturated rings. The van der Waals surface area contributed by atoms with E-state index in [0.717, 1.165) is 18.7 Å². The number of hydrogen-bond donors (Lipinski definition) is 0. The normalized spacial score (nSPS) is 14.0. The first kappa shape index (κ1) is 12.7. The third-order valence-electron chi connectivity index (χ3n) is 4.29. The Hall–Kier alpha value is -2.06. The first-order valence-corrected chi connectivity index (χ1v) is 8.20. The molecule has 0 spiro atoms. The molecule has 0 atom stereocenters. The highest BCUT2D eigenvalue weighted by Gasteiger charge is 2.23. The molecule has 1 nitrogen and oxygen atoms in total. The lowest BCUT2D eigenvalue weighted by atomic mass is 10.0. The molecule has 2 heteroatoms. The van der Waals surface area contributed by atoms with Gasteiger partial charge in [-0.3, -0.25) is 0 Å². The van der Waals surface area contributed by atoms with Crippen LogP contribution in [-0.4, -0.2) is 0 Å². The summed E-state index contributed by atoms with van der Waals surface area (Å²) in [5, 5.41) is 3.47. The van der Waals surface area contributed by atoms with E-state index in [2.05, 4.69) is 66.2 Å². The number of aryl methyl sites for hydroxylation is 1. The Bertz CT molecular complexity index is 844. The molecule has 0 saturated heterocycles. The molecule has 104 valence electrons. The van der Waals surface area contributed by atoms with Gasteiger partial charge < -0.3 is 4.90 Å². The molecule has 4 rings (SSSR count). The topological polar surface area (TPSA) is 3.24 Å². The molecular formula is C19H17NS. The number of nitrogens with zero attached hydrogens (tertiary/aromatic N) is 1. The average Bonchev–Trinajstić information content (AvgIpc) is 3.10. The highest BCUT2D eigenvalue weighted by Crippen LogP contribution is 2.37. The smallest absolute Gasteiger partial charge is 0.0488 e. The van der Waals surface area contributed by atoms with Crippen molar-refractivity contribution >= 4 is 32.8 Å². The second-order valence-corrected chi connectivity index (χ2v) is 6.47. The van der Waals surface area contributed by atoms with Gasteiger partial charge in [-0.15, -0.1) is 11.3 Å². The third-order valence-corrected chi connectivity index (χ3v) is 5.17. The Morgan fingerprint density at radius 2 is 2.05 bits per heavy atom. The van der Waals surface area contributed by atoms with Crippen molar-refractivity contribution in [1.29, 1.82) is 0 Å². The fourth-order valence-electron chi connectivity index (χ4n) is 3.05. The van der Waals surface area contributed by atoms with Gasteiger partial charge in [-0.2, -0.15) is 0 Å². The SMILES string of the molecule is C=C1c2ccc(CC)cc2CN1c1ccc2ccsc2c1. The van der Waals surface area contributed by atoms with Crippen molar-refractivity contribution in [2.75, 3.05) is 4.90 Å². The van der Waals surface area contributed by atoms with E-state index in [1.165, 1.54) is 32.5 Å². The monoisotopic (exact) mass is 291 g/mol. The number of anilines is 1. The van der Waals surface area contributed by atoms with E-state index >= 15 is 0 Å². The van der Waals surface area contributed by atoms with E-state index < -0.39 is 0 Å². The summed E-state index contributed by atoms with van der Waals surface area (Å²) in [6.45, 7) is 7.44. The van der Waals surface area contributed by atoms with E-state index in [1.807, 2.05) is 0 Å². The zero-order chi connectivity index (χ0) is 14.4. The van der Waals surface area contributed by atoms with Gasteiger partial charge in [-0.05, 0) is 46.5 Å². The molecule has 3 aromatic rings. The van der Waals surface area contributed by atoms with Gasteiger partial charge in [0.1, 0.15) is 0 Å². The second-order valence-electron chi connectivity index (χ2n) is 5.52. The molecule has 1 aromatic heterocycles. The highest BCUT2D eigenvalue weighted by molar-refractivity contribution is 7.17. The van der Waals surface area contributed by atoms with Gasteiger partial charge in [0.2, 0.25) is 0 Å². The van der Waals surface area contributed by atoms with Gasteiger partial charge >= 0.3 is 0 Å². The largest absolute Gasteiger partial charge is 0.337 e. The summed E-state index contributed by atoms with van der Waals surface area (Å²) in [4.78, 5) is 2.32. The summed E-state index contributed by atoms with van der Waals surface area (Å²) in [5.74, 6) is 0. The summed E-state index contributed by atoms with van der Waals surface area (Å²) >= 11 is 1.80. The molecule has 21 heavy (non-hydrogen) atoms. The Kier molecular flexibility index (Phi) is 2.86. The van der Waals surface area contributed by atoms with E-state index in [9.17, 15) is 0 Å². The molecule has 0 amide bonds. The molecule has 0 N–H and O–H groups in total. The first-order valence-electron chi connectivity index (χ1n) is 7.32. The van der Waals surface area contributed by atoms with Crippen molar-refractivity contribution in [3.8, 4) is 0 Å². The van der Waals surface area contributed by atoms with Crippen molar-refractivity contribution in [1.82, 2.24) is 0 Å². The van der Waals surface area contributed by atoms with Crippen LogP contribution in [0, 0.1) is 0 Å². The Labute approximate surface area is 129 Å².